The molecule has 0 amide bonds. The van der Waals surface area contributed by atoms with Gasteiger partial charge < -0.3 is 4.74 Å². The van der Waals surface area contributed by atoms with Gasteiger partial charge in [-0.05, 0) is 0 Å². The minimum Gasteiger partial charge on any atom is -0.370 e. The van der Waals surface area contributed by atoms with E-state index in [1.54, 1.807) is 30.7 Å². The van der Waals surface area contributed by atoms with E-state index in [0.29, 0.717) is 0 Å². The van der Waals surface area contributed by atoms with Crippen LogP contribution in [0.4, 0.5) is 0 Å². The summed E-state index contributed by atoms with van der Waals surface area (Å²) in [7, 11) is 1.65. The molecule has 0 N–H and O–H groups in total. The lowest BCUT2D eigenvalue weighted by Crippen LogP contribution is -1.95. The van der Waals surface area contributed by atoms with Gasteiger partial charge in [-0.1, -0.05) is 6.08 Å². The van der Waals surface area contributed by atoms with Gasteiger partial charge in [0.1, 0.15) is 11.1 Å². The summed E-state index contributed by atoms with van der Waals surface area (Å²) in [5.41, 5.74) is 0. The van der Waals surface area contributed by atoms with Crippen LogP contribution in [0.1, 0.15) is 11.1 Å². The maximum Gasteiger partial charge on any atom is 0.126 e. The maximum absolute atomic E-state index is 5.07. The van der Waals surface area contributed by atoms with Crippen molar-refractivity contribution in [3.63, 3.8) is 0 Å². The van der Waals surface area contributed by atoms with Crippen molar-refractivity contribution in [3.05, 3.63) is 29.2 Å². The molecule has 1 aromatic heterocycles. The van der Waals surface area contributed by atoms with Gasteiger partial charge >= 0.3 is 0 Å². The zero-order valence-electron chi connectivity index (χ0n) is 5.78. The monoisotopic (exact) mass is 155 g/mol. The molecule has 0 aliphatic heterocycles. The van der Waals surface area contributed by atoms with Crippen molar-refractivity contribution in [3.8, 4) is 0 Å². The summed E-state index contributed by atoms with van der Waals surface area (Å²) < 4.78 is 5.07. The van der Waals surface area contributed by atoms with Crippen LogP contribution >= 0.6 is 11.3 Å². The van der Waals surface area contributed by atoms with Crippen LogP contribution < -0.4 is 0 Å². The predicted molar refractivity (Wildman–Crippen MR) is 42.1 cm³/mol. The minimum absolute atomic E-state index is 0.0417. The fourth-order valence-corrected chi connectivity index (χ4v) is 1.38. The fourth-order valence-electron chi connectivity index (χ4n) is 0.673. The van der Waals surface area contributed by atoms with Crippen molar-refractivity contribution in [1.29, 1.82) is 0 Å². The van der Waals surface area contributed by atoms with Crippen LogP contribution in [0.15, 0.2) is 24.2 Å². The molecule has 1 unspecified atom stereocenters. The maximum atomic E-state index is 5.07. The quantitative estimate of drug-likeness (QED) is 0.623. The lowest BCUT2D eigenvalue weighted by molar-refractivity contribution is 0.143. The van der Waals surface area contributed by atoms with E-state index in [1.807, 2.05) is 5.38 Å². The third-order valence-corrected chi connectivity index (χ3v) is 2.00. The highest BCUT2D eigenvalue weighted by atomic mass is 32.1. The van der Waals surface area contributed by atoms with Crippen molar-refractivity contribution < 1.29 is 4.74 Å². The molecule has 1 atom stereocenters. The van der Waals surface area contributed by atoms with E-state index >= 15 is 0 Å². The average Bonchev–Trinajstić information content (AvgIpc) is 2.43. The number of aromatic nitrogens is 1. The van der Waals surface area contributed by atoms with E-state index in [-0.39, 0.29) is 6.10 Å². The molecule has 1 rings (SSSR count). The Morgan fingerprint density at radius 2 is 2.70 bits per heavy atom. The second-order valence-corrected chi connectivity index (χ2v) is 2.69. The number of nitrogens with zero attached hydrogens (tertiary/aromatic N) is 1. The van der Waals surface area contributed by atoms with Gasteiger partial charge in [0.2, 0.25) is 0 Å². The summed E-state index contributed by atoms with van der Waals surface area (Å²) in [5.74, 6) is 0. The Morgan fingerprint density at radius 3 is 3.10 bits per heavy atom. The molecular formula is C7H9NOS. The first-order chi connectivity index (χ1) is 4.88. The Bertz CT molecular complexity index is 195. The smallest absolute Gasteiger partial charge is 0.126 e. The number of hydrogen-bond donors (Lipinski definition) is 0. The van der Waals surface area contributed by atoms with Crippen LogP contribution in [0.3, 0.4) is 0 Å². The molecule has 0 saturated heterocycles. The van der Waals surface area contributed by atoms with Crippen molar-refractivity contribution in [2.75, 3.05) is 7.11 Å². The highest BCUT2D eigenvalue weighted by Gasteiger charge is 2.06. The highest BCUT2D eigenvalue weighted by Crippen LogP contribution is 2.18. The molecule has 0 spiro atoms. The molecule has 54 valence electrons. The highest BCUT2D eigenvalue weighted by molar-refractivity contribution is 7.09. The van der Waals surface area contributed by atoms with Gasteiger partial charge in [-0.15, -0.1) is 17.9 Å². The molecule has 1 heterocycles. The lowest BCUT2D eigenvalue weighted by atomic mass is 10.4. The summed E-state index contributed by atoms with van der Waals surface area (Å²) in [5, 5.41) is 2.88. The van der Waals surface area contributed by atoms with Crippen molar-refractivity contribution in [2.45, 2.75) is 6.10 Å². The van der Waals surface area contributed by atoms with Crippen LogP contribution in [-0.2, 0) is 4.74 Å². The molecule has 0 aliphatic rings. The number of methoxy groups -OCH3 is 1. The van der Waals surface area contributed by atoms with E-state index in [1.165, 1.54) is 0 Å². The Hall–Kier alpha value is -0.670. The first-order valence-corrected chi connectivity index (χ1v) is 3.81. The molecule has 3 heteroatoms. The van der Waals surface area contributed by atoms with E-state index in [4.69, 9.17) is 4.74 Å². The molecule has 0 bridgehead atoms. The second-order valence-electron chi connectivity index (χ2n) is 1.76. The van der Waals surface area contributed by atoms with Gasteiger partial charge in [0.05, 0.1) is 0 Å². The standard InChI is InChI=1S/C7H9NOS/c1-3-6(9-2)7-8-4-5-10-7/h3-6H,1H2,2H3. The van der Waals surface area contributed by atoms with Gasteiger partial charge in [0.15, 0.2) is 0 Å². The van der Waals surface area contributed by atoms with Gasteiger partial charge in [0.25, 0.3) is 0 Å². The fraction of sp³-hybridized carbons (Fsp3) is 0.286. The van der Waals surface area contributed by atoms with Crippen molar-refractivity contribution in [2.24, 2.45) is 0 Å². The van der Waals surface area contributed by atoms with Crippen molar-refractivity contribution >= 4 is 11.3 Å². The average molecular weight is 155 g/mol. The van der Waals surface area contributed by atoms with Crippen LogP contribution in [-0.4, -0.2) is 12.1 Å². The van der Waals surface area contributed by atoms with E-state index < -0.39 is 0 Å². The molecule has 0 aliphatic carbocycles. The molecule has 0 aromatic carbocycles. The second kappa shape index (κ2) is 3.49. The first-order valence-electron chi connectivity index (χ1n) is 2.93. The topological polar surface area (TPSA) is 22.1 Å². The Kier molecular flexibility index (Phi) is 2.59. The number of hydrogen-bond acceptors (Lipinski definition) is 3. The van der Waals surface area contributed by atoms with Gasteiger partial charge in [0, 0.05) is 18.7 Å². The molecule has 2 nitrogen and oxygen atoms in total. The third-order valence-electron chi connectivity index (χ3n) is 1.16. The predicted octanol–water partition coefficient (Wildman–Crippen LogP) is 2.02. The SMILES string of the molecule is C=CC(OC)c1nccs1. The molecule has 0 radical (unpaired) electrons. The summed E-state index contributed by atoms with van der Waals surface area (Å²) in [6, 6.07) is 0. The van der Waals surface area contributed by atoms with E-state index in [2.05, 4.69) is 11.6 Å². The zero-order chi connectivity index (χ0) is 7.40. The van der Waals surface area contributed by atoms with Gasteiger partial charge in [-0.3, -0.25) is 0 Å². The largest absolute Gasteiger partial charge is 0.370 e. The lowest BCUT2D eigenvalue weighted by Gasteiger charge is -2.04. The van der Waals surface area contributed by atoms with E-state index in [0.717, 1.165) is 5.01 Å². The van der Waals surface area contributed by atoms with Crippen LogP contribution in [0.25, 0.3) is 0 Å². The van der Waals surface area contributed by atoms with E-state index in [9.17, 15) is 0 Å². The van der Waals surface area contributed by atoms with Gasteiger partial charge in [-0.25, -0.2) is 4.98 Å². The number of thiazole rings is 1. The Morgan fingerprint density at radius 1 is 1.90 bits per heavy atom. The molecule has 0 saturated carbocycles. The first kappa shape index (κ1) is 7.44. The minimum atomic E-state index is -0.0417. The summed E-state index contributed by atoms with van der Waals surface area (Å²) in [6.07, 6.45) is 3.45. The zero-order valence-corrected chi connectivity index (χ0v) is 6.60. The molecule has 0 fully saturated rings. The molecule has 1 aromatic rings. The molecule has 10 heavy (non-hydrogen) atoms. The molecular weight excluding hydrogens is 146 g/mol. The third kappa shape index (κ3) is 1.43. The van der Waals surface area contributed by atoms with Crippen LogP contribution in [0.2, 0.25) is 0 Å². The Labute approximate surface area is 64.2 Å². The normalized spacial score (nSPS) is 12.9. The van der Waals surface area contributed by atoms with Crippen molar-refractivity contribution in [1.82, 2.24) is 4.98 Å². The number of rotatable bonds is 3. The van der Waals surface area contributed by atoms with Gasteiger partial charge in [-0.2, -0.15) is 0 Å². The summed E-state index contributed by atoms with van der Waals surface area (Å²) in [6.45, 7) is 3.63. The summed E-state index contributed by atoms with van der Waals surface area (Å²) >= 11 is 1.57. The Balaban J connectivity index is 2.73. The summed E-state index contributed by atoms with van der Waals surface area (Å²) in [4.78, 5) is 4.08. The van der Waals surface area contributed by atoms with Crippen LogP contribution in [0, 0.1) is 0 Å². The number of ether oxygens (including phenoxy) is 1. The van der Waals surface area contributed by atoms with Crippen LogP contribution in [0.5, 0.6) is 0 Å².